The summed E-state index contributed by atoms with van der Waals surface area (Å²) in [4.78, 5) is 41.1. The van der Waals surface area contributed by atoms with Crippen LogP contribution >= 0.6 is 0 Å². The number of fused-ring (bicyclic) bond motifs is 1. The van der Waals surface area contributed by atoms with Crippen LogP contribution in [0.25, 0.3) is 0 Å². The Morgan fingerprint density at radius 1 is 1.09 bits per heavy atom. The normalized spacial score (nSPS) is 37.6. The molecular formula is C25H37NO7. The molecule has 0 amide bonds. The van der Waals surface area contributed by atoms with E-state index in [2.05, 4.69) is 20.8 Å². The van der Waals surface area contributed by atoms with Crippen LogP contribution in [0.15, 0.2) is 0 Å². The average molecular weight is 464 g/mol. The predicted octanol–water partition coefficient (Wildman–Crippen LogP) is 2.33. The van der Waals surface area contributed by atoms with Crippen LogP contribution < -0.4 is 0 Å². The molecule has 3 saturated carbocycles. The first-order valence-corrected chi connectivity index (χ1v) is 12.6. The standard InChI is InChI=1S/C25H37NO7/c1-24(2,3)25(7-5-4-6-8-25)33-23(29)19-16-13-15-18(19)22(28)32-21(15)20(16)31-17(27)14-26-9-11-30-12-10-26/h15-16,18-21H,4-14H2,1-3H3. The molecule has 0 aromatic carbocycles. The maximum Gasteiger partial charge on any atom is 0.320 e. The van der Waals surface area contributed by atoms with E-state index in [0.29, 0.717) is 32.7 Å². The minimum Gasteiger partial charge on any atom is -0.458 e. The number of esters is 3. The highest BCUT2D eigenvalue weighted by molar-refractivity contribution is 5.86. The molecule has 0 aromatic rings. The number of rotatable bonds is 5. The molecule has 0 spiro atoms. The topological polar surface area (TPSA) is 91.4 Å². The molecule has 2 bridgehead atoms. The van der Waals surface area contributed by atoms with E-state index in [1.54, 1.807) is 0 Å². The molecule has 5 fully saturated rings. The average Bonchev–Trinajstić information content (AvgIpc) is 3.38. The third-order valence-electron chi connectivity index (χ3n) is 8.87. The Bertz CT molecular complexity index is 793. The van der Waals surface area contributed by atoms with Crippen molar-refractivity contribution in [1.29, 1.82) is 0 Å². The minimum absolute atomic E-state index is 0.0711. The van der Waals surface area contributed by atoms with Gasteiger partial charge in [-0.25, -0.2) is 0 Å². The van der Waals surface area contributed by atoms with Crippen molar-refractivity contribution in [1.82, 2.24) is 4.90 Å². The van der Waals surface area contributed by atoms with Gasteiger partial charge in [-0.15, -0.1) is 0 Å². The lowest BCUT2D eigenvalue weighted by atomic mass is 9.68. The van der Waals surface area contributed by atoms with E-state index in [0.717, 1.165) is 32.1 Å². The zero-order valence-electron chi connectivity index (χ0n) is 20.0. The van der Waals surface area contributed by atoms with Gasteiger partial charge in [0.05, 0.1) is 31.6 Å². The van der Waals surface area contributed by atoms with Crippen LogP contribution in [0.5, 0.6) is 0 Å². The van der Waals surface area contributed by atoms with Crippen molar-refractivity contribution in [2.75, 3.05) is 32.8 Å². The number of carbonyl (C=O) groups excluding carboxylic acids is 3. The summed E-state index contributed by atoms with van der Waals surface area (Å²) in [6.45, 7) is 9.16. The van der Waals surface area contributed by atoms with E-state index >= 15 is 0 Å². The molecule has 8 heteroatoms. The van der Waals surface area contributed by atoms with Crippen molar-refractivity contribution in [2.24, 2.45) is 29.1 Å². The van der Waals surface area contributed by atoms with Gasteiger partial charge in [-0.05, 0) is 32.1 Å². The Kier molecular flexibility index (Phi) is 5.96. The number of carbonyl (C=O) groups is 3. The molecule has 33 heavy (non-hydrogen) atoms. The van der Waals surface area contributed by atoms with Gasteiger partial charge in [0.2, 0.25) is 0 Å². The lowest BCUT2D eigenvalue weighted by Crippen LogP contribution is -2.52. The molecule has 6 atom stereocenters. The van der Waals surface area contributed by atoms with Gasteiger partial charge in [0.25, 0.3) is 0 Å². The summed E-state index contributed by atoms with van der Waals surface area (Å²) in [5, 5.41) is 0. The van der Waals surface area contributed by atoms with Crippen LogP contribution in [-0.4, -0.2) is 73.5 Å². The molecule has 2 saturated heterocycles. The minimum atomic E-state index is -0.594. The molecule has 2 aliphatic heterocycles. The molecule has 0 aromatic heterocycles. The fourth-order valence-corrected chi connectivity index (χ4v) is 6.99. The Morgan fingerprint density at radius 2 is 1.79 bits per heavy atom. The lowest BCUT2D eigenvalue weighted by Gasteiger charge is -2.47. The Balaban J connectivity index is 1.31. The molecular weight excluding hydrogens is 426 g/mol. The van der Waals surface area contributed by atoms with Crippen molar-refractivity contribution in [3.63, 3.8) is 0 Å². The summed E-state index contributed by atoms with van der Waals surface area (Å²) in [6, 6.07) is 0. The van der Waals surface area contributed by atoms with E-state index in [-0.39, 0.29) is 41.7 Å². The fraction of sp³-hybridized carbons (Fsp3) is 0.880. The van der Waals surface area contributed by atoms with Gasteiger partial charge in [0.1, 0.15) is 17.8 Å². The predicted molar refractivity (Wildman–Crippen MR) is 117 cm³/mol. The highest BCUT2D eigenvalue weighted by Gasteiger charge is 2.70. The molecule has 3 aliphatic carbocycles. The van der Waals surface area contributed by atoms with Crippen molar-refractivity contribution in [2.45, 2.75) is 77.1 Å². The molecule has 8 nitrogen and oxygen atoms in total. The zero-order valence-corrected chi connectivity index (χ0v) is 20.0. The maximum atomic E-state index is 13.6. The number of hydrogen-bond donors (Lipinski definition) is 0. The highest BCUT2D eigenvalue weighted by Crippen LogP contribution is 2.59. The Hall–Kier alpha value is -1.67. The molecule has 5 aliphatic rings. The second-order valence-corrected chi connectivity index (χ2v) is 11.6. The van der Waals surface area contributed by atoms with Gasteiger partial charge in [0.15, 0.2) is 0 Å². The van der Waals surface area contributed by atoms with Crippen LogP contribution in [0.1, 0.15) is 59.3 Å². The number of nitrogens with zero attached hydrogens (tertiary/aromatic N) is 1. The Labute approximate surface area is 195 Å². The van der Waals surface area contributed by atoms with Gasteiger partial charge in [-0.3, -0.25) is 19.3 Å². The van der Waals surface area contributed by atoms with Crippen molar-refractivity contribution in [3.8, 4) is 0 Å². The first-order chi connectivity index (χ1) is 15.7. The van der Waals surface area contributed by atoms with E-state index in [1.165, 1.54) is 0 Å². The van der Waals surface area contributed by atoms with Crippen molar-refractivity contribution in [3.05, 3.63) is 0 Å². The maximum absolute atomic E-state index is 13.6. The van der Waals surface area contributed by atoms with E-state index in [4.69, 9.17) is 18.9 Å². The smallest absolute Gasteiger partial charge is 0.320 e. The van der Waals surface area contributed by atoms with Crippen molar-refractivity contribution >= 4 is 17.9 Å². The van der Waals surface area contributed by atoms with Crippen LogP contribution in [0.4, 0.5) is 0 Å². The van der Waals surface area contributed by atoms with Crippen molar-refractivity contribution < 1.29 is 33.3 Å². The lowest BCUT2D eigenvalue weighted by molar-refractivity contribution is -0.191. The van der Waals surface area contributed by atoms with Gasteiger partial charge in [-0.1, -0.05) is 27.2 Å². The van der Waals surface area contributed by atoms with Crippen LogP contribution in [-0.2, 0) is 33.3 Å². The molecule has 184 valence electrons. The van der Waals surface area contributed by atoms with E-state index in [9.17, 15) is 14.4 Å². The monoisotopic (exact) mass is 463 g/mol. The molecule has 0 radical (unpaired) electrons. The zero-order chi connectivity index (χ0) is 23.4. The summed E-state index contributed by atoms with van der Waals surface area (Å²) in [5.74, 6) is -2.34. The summed E-state index contributed by atoms with van der Waals surface area (Å²) >= 11 is 0. The van der Waals surface area contributed by atoms with Crippen LogP contribution in [0.3, 0.4) is 0 Å². The molecule has 0 N–H and O–H groups in total. The summed E-state index contributed by atoms with van der Waals surface area (Å²) in [6.07, 6.45) is 4.59. The number of ether oxygens (including phenoxy) is 4. The third kappa shape index (κ3) is 3.97. The molecule has 2 heterocycles. The first kappa shape index (κ1) is 23.1. The van der Waals surface area contributed by atoms with Crippen LogP contribution in [0, 0.1) is 29.1 Å². The van der Waals surface area contributed by atoms with E-state index in [1.807, 2.05) is 4.90 Å². The Morgan fingerprint density at radius 3 is 2.45 bits per heavy atom. The van der Waals surface area contributed by atoms with Gasteiger partial charge >= 0.3 is 17.9 Å². The highest BCUT2D eigenvalue weighted by atomic mass is 16.6. The number of hydrogen-bond acceptors (Lipinski definition) is 8. The first-order valence-electron chi connectivity index (χ1n) is 12.6. The van der Waals surface area contributed by atoms with Gasteiger partial charge in [0, 0.05) is 30.3 Å². The summed E-state index contributed by atoms with van der Waals surface area (Å²) in [7, 11) is 0. The SMILES string of the molecule is CC(C)(C)C1(OC(=O)C2C3CC4C(OC(=O)C42)C3OC(=O)CN2CCOCC2)CCCCC1. The largest absolute Gasteiger partial charge is 0.458 e. The molecule has 6 unspecified atom stereocenters. The van der Waals surface area contributed by atoms with Gasteiger partial charge < -0.3 is 18.9 Å². The third-order valence-corrected chi connectivity index (χ3v) is 8.87. The second kappa shape index (κ2) is 8.52. The summed E-state index contributed by atoms with van der Waals surface area (Å²) < 4.78 is 23.2. The van der Waals surface area contributed by atoms with Gasteiger partial charge in [-0.2, -0.15) is 0 Å². The fourth-order valence-electron chi connectivity index (χ4n) is 6.99. The van der Waals surface area contributed by atoms with Crippen LogP contribution in [0.2, 0.25) is 0 Å². The number of morpholine rings is 1. The van der Waals surface area contributed by atoms with E-state index < -0.39 is 29.6 Å². The quantitative estimate of drug-likeness (QED) is 0.453. The second-order valence-electron chi connectivity index (χ2n) is 11.6. The molecule has 5 rings (SSSR count). The summed E-state index contributed by atoms with van der Waals surface area (Å²) in [5.41, 5.74) is -0.710.